The maximum atomic E-state index is 3.78. The Morgan fingerprint density at radius 1 is 0.938 bits per heavy atom. The van der Waals surface area contributed by atoms with Crippen LogP contribution in [0.1, 0.15) is 45.4 Å². The van der Waals surface area contributed by atoms with Gasteiger partial charge in [0, 0.05) is 0 Å². The van der Waals surface area contributed by atoms with Crippen molar-refractivity contribution in [2.24, 2.45) is 0 Å². The topological polar surface area (TPSA) is 0 Å². The summed E-state index contributed by atoms with van der Waals surface area (Å²) in [5.41, 5.74) is 0. The molecule has 0 atom stereocenters. The molecule has 0 bridgehead atoms. The Morgan fingerprint density at radius 3 is 1.81 bits per heavy atom. The van der Waals surface area contributed by atoms with Crippen molar-refractivity contribution in [1.29, 1.82) is 0 Å². The largest absolute Gasteiger partial charge is 2.00 e. The van der Waals surface area contributed by atoms with Crippen LogP contribution in [0.25, 0.3) is 0 Å². The second-order valence-electron chi connectivity index (χ2n) is 3.35. The third kappa shape index (κ3) is 20.5. The van der Waals surface area contributed by atoms with Crippen molar-refractivity contribution in [3.63, 3.8) is 0 Å². The summed E-state index contributed by atoms with van der Waals surface area (Å²) < 4.78 is 0. The summed E-state index contributed by atoms with van der Waals surface area (Å²) in [5, 5.41) is 0. The molecule has 0 N–H and O–H groups in total. The summed E-state index contributed by atoms with van der Waals surface area (Å²) in [7, 11) is 0. The fraction of sp³-hybridized carbons (Fsp3) is 0.500. The van der Waals surface area contributed by atoms with Crippen LogP contribution in [0.2, 0.25) is 0 Å². The molecule has 0 radical (unpaired) electrons. The monoisotopic (exact) mass is 362 g/mol. The SMILES string of the molecule is S.[Ba+2].[CH2-]CCCCCCC.[c-]1ccccc1. The Balaban J connectivity index is -0.000000192. The number of unbranched alkanes of at least 4 members (excludes halogenated alkanes) is 5. The minimum atomic E-state index is 0. The zero-order valence-electron chi connectivity index (χ0n) is 10.5. The molecule has 1 rings (SSSR count). The molecule has 2 heteroatoms. The third-order valence-electron chi connectivity index (χ3n) is 1.96. The zero-order chi connectivity index (χ0) is 10.5. The van der Waals surface area contributed by atoms with Crippen molar-refractivity contribution in [3.8, 4) is 0 Å². The summed E-state index contributed by atoms with van der Waals surface area (Å²) in [6, 6.07) is 12.5. The minimum absolute atomic E-state index is 0. The molecule has 1 aromatic carbocycles. The van der Waals surface area contributed by atoms with Gasteiger partial charge in [-0.3, -0.25) is 0 Å². The average Bonchev–Trinajstić information content (AvgIpc) is 2.28. The molecule has 1 aromatic rings. The van der Waals surface area contributed by atoms with Gasteiger partial charge in [-0.25, -0.2) is 0 Å². The first kappa shape index (κ1) is 22.3. The van der Waals surface area contributed by atoms with Crippen LogP contribution in [0.3, 0.4) is 0 Å². The van der Waals surface area contributed by atoms with E-state index in [-0.39, 0.29) is 62.4 Å². The van der Waals surface area contributed by atoms with Crippen molar-refractivity contribution >= 4 is 62.4 Å². The van der Waals surface area contributed by atoms with Gasteiger partial charge in [-0.05, 0) is 0 Å². The molecule has 0 heterocycles. The molecule has 0 spiro atoms. The van der Waals surface area contributed by atoms with Crippen molar-refractivity contribution in [2.45, 2.75) is 45.4 Å². The van der Waals surface area contributed by atoms with Gasteiger partial charge in [0.2, 0.25) is 0 Å². The Bertz CT molecular complexity index is 145. The van der Waals surface area contributed by atoms with Crippen LogP contribution in [0.5, 0.6) is 0 Å². The Morgan fingerprint density at radius 2 is 1.50 bits per heavy atom. The quantitative estimate of drug-likeness (QED) is 0.414. The maximum absolute atomic E-state index is 3.78. The Hall–Kier alpha value is 1.14. The van der Waals surface area contributed by atoms with E-state index >= 15 is 0 Å². The molecule has 0 fully saturated rings. The standard InChI is InChI=1S/C8H17.C6H5.Ba.H2S/c1-3-5-7-8-6-4-2;1-2-4-6-5-3-1;;/h1,3-8H2,2H3;1-5H;;1H2/q2*-1;+2;. The van der Waals surface area contributed by atoms with E-state index in [9.17, 15) is 0 Å². The third-order valence-corrected chi connectivity index (χ3v) is 1.96. The van der Waals surface area contributed by atoms with Crippen molar-refractivity contribution in [2.75, 3.05) is 0 Å². The smallest absolute Gasteiger partial charge is 0.343 e. The molecule has 0 aliphatic rings. The van der Waals surface area contributed by atoms with Gasteiger partial charge >= 0.3 is 48.9 Å². The number of rotatable bonds is 5. The van der Waals surface area contributed by atoms with E-state index in [0.29, 0.717) is 0 Å². The molecule has 0 unspecified atom stereocenters. The first-order valence-corrected chi connectivity index (χ1v) is 5.62. The van der Waals surface area contributed by atoms with Gasteiger partial charge in [0.25, 0.3) is 0 Å². The molecule has 0 saturated carbocycles. The van der Waals surface area contributed by atoms with Crippen LogP contribution in [0.4, 0.5) is 0 Å². The molecule has 16 heavy (non-hydrogen) atoms. The predicted molar refractivity (Wildman–Crippen MR) is 80.1 cm³/mol. The van der Waals surface area contributed by atoms with E-state index in [1.807, 2.05) is 30.3 Å². The van der Waals surface area contributed by atoms with Gasteiger partial charge in [0.05, 0.1) is 0 Å². The van der Waals surface area contributed by atoms with Crippen molar-refractivity contribution in [1.82, 2.24) is 0 Å². The molecule has 88 valence electrons. The fourth-order valence-electron chi connectivity index (χ4n) is 1.12. The molecule has 0 nitrogen and oxygen atoms in total. The average molecular weight is 362 g/mol. The van der Waals surface area contributed by atoms with Gasteiger partial charge in [-0.15, -0.1) is 0 Å². The number of hydrogen-bond acceptors (Lipinski definition) is 0. The van der Waals surface area contributed by atoms with E-state index in [4.69, 9.17) is 0 Å². The van der Waals surface area contributed by atoms with Crippen molar-refractivity contribution in [3.05, 3.63) is 43.3 Å². The van der Waals surface area contributed by atoms with Gasteiger partial charge in [0.1, 0.15) is 0 Å². The summed E-state index contributed by atoms with van der Waals surface area (Å²) in [6.07, 6.45) is 7.98. The number of benzene rings is 1. The van der Waals surface area contributed by atoms with Crippen LogP contribution in [-0.4, -0.2) is 48.9 Å². The Kier molecular flexibility index (Phi) is 29.9. The van der Waals surface area contributed by atoms with Gasteiger partial charge in [-0.2, -0.15) is 56.3 Å². The van der Waals surface area contributed by atoms with Crippen LogP contribution >= 0.6 is 13.5 Å². The second kappa shape index (κ2) is 21.4. The summed E-state index contributed by atoms with van der Waals surface area (Å²) in [6.45, 7) is 6.02. The van der Waals surface area contributed by atoms with E-state index in [2.05, 4.69) is 19.9 Å². The molecule has 0 aromatic heterocycles. The normalized spacial score (nSPS) is 7.88. The summed E-state index contributed by atoms with van der Waals surface area (Å²) in [4.78, 5) is 0. The second-order valence-corrected chi connectivity index (χ2v) is 3.35. The molecular weight excluding hydrogens is 338 g/mol. The van der Waals surface area contributed by atoms with Crippen LogP contribution in [0.15, 0.2) is 30.3 Å². The summed E-state index contributed by atoms with van der Waals surface area (Å²) in [5.74, 6) is 0. The van der Waals surface area contributed by atoms with E-state index in [0.717, 1.165) is 6.42 Å². The first-order valence-electron chi connectivity index (χ1n) is 5.62. The van der Waals surface area contributed by atoms with Gasteiger partial charge in [0.15, 0.2) is 0 Å². The summed E-state index contributed by atoms with van der Waals surface area (Å²) >= 11 is 0. The van der Waals surface area contributed by atoms with Crippen LogP contribution in [-0.2, 0) is 0 Å². The molecular formula is C14H24BaS. The maximum Gasteiger partial charge on any atom is 2.00 e. The minimum Gasteiger partial charge on any atom is -0.343 e. The van der Waals surface area contributed by atoms with Crippen LogP contribution in [0, 0.1) is 13.0 Å². The fourth-order valence-corrected chi connectivity index (χ4v) is 1.12. The van der Waals surface area contributed by atoms with Gasteiger partial charge in [-0.1, -0.05) is 39.0 Å². The molecule has 0 saturated heterocycles. The van der Waals surface area contributed by atoms with Crippen LogP contribution < -0.4 is 0 Å². The Labute approximate surface area is 149 Å². The predicted octanol–water partition coefficient (Wildman–Crippen LogP) is 4.40. The van der Waals surface area contributed by atoms with Gasteiger partial charge < -0.3 is 6.92 Å². The molecule has 0 aliphatic carbocycles. The van der Waals surface area contributed by atoms with E-state index in [1.165, 1.54) is 32.1 Å². The first-order chi connectivity index (χ1) is 6.91. The number of hydrogen-bond donors (Lipinski definition) is 0. The molecule has 0 amide bonds. The van der Waals surface area contributed by atoms with E-state index in [1.54, 1.807) is 0 Å². The van der Waals surface area contributed by atoms with Crippen molar-refractivity contribution < 1.29 is 0 Å². The van der Waals surface area contributed by atoms with E-state index < -0.39 is 0 Å². The zero-order valence-corrected chi connectivity index (χ0v) is 16.0. The molecule has 0 aliphatic heterocycles.